The van der Waals surface area contributed by atoms with Crippen LogP contribution in [-0.2, 0) is 16.1 Å². The fourth-order valence-electron chi connectivity index (χ4n) is 1.67. The fraction of sp³-hybridized carbons (Fsp3) is 0.125. The molecular weight excluding hydrogens is 270 g/mol. The molecule has 0 unspecified atom stereocenters. The molecule has 2 aromatic carbocycles. The van der Waals surface area contributed by atoms with Crippen molar-refractivity contribution >= 4 is 6.08 Å². The van der Waals surface area contributed by atoms with E-state index in [0.717, 1.165) is 5.56 Å². The smallest absolute Gasteiger partial charge is 0.413 e. The summed E-state index contributed by atoms with van der Waals surface area (Å²) in [6.07, 6.45) is 1.37. The summed E-state index contributed by atoms with van der Waals surface area (Å²) in [5.41, 5.74) is 1.68. The molecule has 0 amide bonds. The Morgan fingerprint density at radius 3 is 2.29 bits per heavy atom. The van der Waals surface area contributed by atoms with Gasteiger partial charge in [-0.1, -0.05) is 60.7 Å². The Hall–Kier alpha value is -2.66. The van der Waals surface area contributed by atoms with Gasteiger partial charge in [0.15, 0.2) is 6.79 Å². The SMILES string of the molecule is O=[N+]([O-])/C(=C/c1ccccc1)OCOCc1ccccc1. The lowest BCUT2D eigenvalue weighted by molar-refractivity contribution is -0.466. The van der Waals surface area contributed by atoms with Gasteiger partial charge in [0, 0.05) is 0 Å². The van der Waals surface area contributed by atoms with E-state index in [1.807, 2.05) is 36.4 Å². The zero-order valence-electron chi connectivity index (χ0n) is 11.3. The molecule has 21 heavy (non-hydrogen) atoms. The first-order chi connectivity index (χ1) is 10.3. The number of nitrogens with zero attached hydrogens (tertiary/aromatic N) is 1. The Kier molecular flexibility index (Phi) is 5.49. The van der Waals surface area contributed by atoms with Crippen molar-refractivity contribution < 1.29 is 14.4 Å². The highest BCUT2D eigenvalue weighted by molar-refractivity contribution is 5.49. The van der Waals surface area contributed by atoms with Gasteiger partial charge in [-0.15, -0.1) is 0 Å². The highest BCUT2D eigenvalue weighted by Gasteiger charge is 2.12. The highest BCUT2D eigenvalue weighted by Crippen LogP contribution is 2.09. The number of hydrogen-bond donors (Lipinski definition) is 0. The van der Waals surface area contributed by atoms with Crippen LogP contribution in [0.2, 0.25) is 0 Å². The standard InChI is InChI=1S/C16H15NO4/c18-17(19)16(11-14-7-3-1-4-8-14)21-13-20-12-15-9-5-2-6-10-15/h1-11H,12-13H2/b16-11-. The lowest BCUT2D eigenvalue weighted by Gasteiger charge is -2.05. The van der Waals surface area contributed by atoms with E-state index in [2.05, 4.69) is 0 Å². The van der Waals surface area contributed by atoms with Crippen molar-refractivity contribution in [2.24, 2.45) is 0 Å². The quantitative estimate of drug-likeness (QED) is 0.257. The first kappa shape index (κ1) is 14.7. The van der Waals surface area contributed by atoms with Crippen molar-refractivity contribution in [3.8, 4) is 0 Å². The summed E-state index contributed by atoms with van der Waals surface area (Å²) in [5, 5.41) is 10.9. The van der Waals surface area contributed by atoms with Crippen LogP contribution in [0.3, 0.4) is 0 Å². The first-order valence-electron chi connectivity index (χ1n) is 6.41. The van der Waals surface area contributed by atoms with Crippen molar-refractivity contribution in [3.63, 3.8) is 0 Å². The molecule has 5 nitrogen and oxygen atoms in total. The van der Waals surface area contributed by atoms with E-state index >= 15 is 0 Å². The van der Waals surface area contributed by atoms with E-state index in [1.54, 1.807) is 24.3 Å². The van der Waals surface area contributed by atoms with E-state index in [-0.39, 0.29) is 12.7 Å². The summed E-state index contributed by atoms with van der Waals surface area (Å²) in [6.45, 7) is 0.172. The molecule has 0 N–H and O–H groups in total. The summed E-state index contributed by atoms with van der Waals surface area (Å²) >= 11 is 0. The van der Waals surface area contributed by atoms with Gasteiger partial charge in [-0.2, -0.15) is 0 Å². The average molecular weight is 285 g/mol. The molecule has 0 saturated carbocycles. The molecular formula is C16H15NO4. The number of benzene rings is 2. The summed E-state index contributed by atoms with van der Waals surface area (Å²) in [6, 6.07) is 18.5. The van der Waals surface area contributed by atoms with Gasteiger partial charge < -0.3 is 9.47 Å². The van der Waals surface area contributed by atoms with Crippen molar-refractivity contribution in [1.29, 1.82) is 0 Å². The van der Waals surface area contributed by atoms with Crippen LogP contribution in [0.25, 0.3) is 6.08 Å². The molecule has 0 saturated heterocycles. The van der Waals surface area contributed by atoms with Gasteiger partial charge in [0.2, 0.25) is 0 Å². The molecule has 0 spiro atoms. The van der Waals surface area contributed by atoms with Crippen molar-refractivity contribution in [2.75, 3.05) is 6.79 Å². The lowest BCUT2D eigenvalue weighted by atomic mass is 10.2. The summed E-state index contributed by atoms with van der Waals surface area (Å²) in [4.78, 5) is 10.4. The molecule has 0 aromatic heterocycles. The second-order valence-corrected chi connectivity index (χ2v) is 4.25. The number of nitro groups is 1. The lowest BCUT2D eigenvalue weighted by Crippen LogP contribution is -2.07. The Balaban J connectivity index is 1.86. The molecule has 2 aromatic rings. The predicted octanol–water partition coefficient (Wildman–Crippen LogP) is 3.45. The molecule has 2 rings (SSSR count). The van der Waals surface area contributed by atoms with Gasteiger partial charge >= 0.3 is 5.88 Å². The van der Waals surface area contributed by atoms with Crippen LogP contribution in [0.1, 0.15) is 11.1 Å². The van der Waals surface area contributed by atoms with Crippen molar-refractivity contribution in [3.05, 3.63) is 87.8 Å². The number of hydrogen-bond acceptors (Lipinski definition) is 4. The molecule has 0 bridgehead atoms. The van der Waals surface area contributed by atoms with E-state index in [1.165, 1.54) is 6.08 Å². The third-order valence-corrected chi connectivity index (χ3v) is 2.67. The van der Waals surface area contributed by atoms with E-state index in [4.69, 9.17) is 9.47 Å². The molecule has 0 aliphatic rings. The molecule has 0 heterocycles. The number of rotatable bonds is 7. The maximum atomic E-state index is 10.9. The van der Waals surface area contributed by atoms with E-state index in [0.29, 0.717) is 12.2 Å². The summed E-state index contributed by atoms with van der Waals surface area (Å²) < 4.78 is 10.3. The summed E-state index contributed by atoms with van der Waals surface area (Å²) in [5.74, 6) is -0.339. The van der Waals surface area contributed by atoms with E-state index < -0.39 is 4.92 Å². The molecule has 0 atom stereocenters. The Morgan fingerprint density at radius 1 is 1.05 bits per heavy atom. The average Bonchev–Trinajstić information content (AvgIpc) is 2.52. The Morgan fingerprint density at radius 2 is 1.67 bits per heavy atom. The first-order valence-corrected chi connectivity index (χ1v) is 6.41. The molecule has 108 valence electrons. The van der Waals surface area contributed by atoms with Crippen LogP contribution in [0, 0.1) is 10.1 Å². The van der Waals surface area contributed by atoms with Gasteiger partial charge in [0.25, 0.3) is 0 Å². The third-order valence-electron chi connectivity index (χ3n) is 2.67. The number of ether oxygens (including phenoxy) is 2. The highest BCUT2D eigenvalue weighted by atomic mass is 16.7. The van der Waals surface area contributed by atoms with Crippen LogP contribution in [0.4, 0.5) is 0 Å². The van der Waals surface area contributed by atoms with Crippen LogP contribution in [-0.4, -0.2) is 11.7 Å². The largest absolute Gasteiger partial charge is 0.430 e. The minimum absolute atomic E-state index is 0.172. The fourth-order valence-corrected chi connectivity index (χ4v) is 1.67. The van der Waals surface area contributed by atoms with Crippen LogP contribution in [0.15, 0.2) is 66.5 Å². The Labute approximate surface area is 122 Å². The molecule has 5 heteroatoms. The van der Waals surface area contributed by atoms with Gasteiger partial charge in [0.05, 0.1) is 12.7 Å². The summed E-state index contributed by atoms with van der Waals surface area (Å²) in [7, 11) is 0. The minimum Gasteiger partial charge on any atom is -0.413 e. The van der Waals surface area contributed by atoms with Crippen molar-refractivity contribution in [2.45, 2.75) is 6.61 Å². The maximum absolute atomic E-state index is 10.9. The predicted molar refractivity (Wildman–Crippen MR) is 78.6 cm³/mol. The zero-order chi connectivity index (χ0) is 14.9. The third kappa shape index (κ3) is 5.08. The van der Waals surface area contributed by atoms with Gasteiger partial charge in [0.1, 0.15) is 4.92 Å². The molecule has 0 fully saturated rings. The second-order valence-electron chi connectivity index (χ2n) is 4.25. The maximum Gasteiger partial charge on any atom is 0.430 e. The monoisotopic (exact) mass is 285 g/mol. The van der Waals surface area contributed by atoms with Gasteiger partial charge in [-0.05, 0) is 11.1 Å². The van der Waals surface area contributed by atoms with Gasteiger partial charge in [-0.3, -0.25) is 10.1 Å². The topological polar surface area (TPSA) is 61.6 Å². The van der Waals surface area contributed by atoms with Crippen LogP contribution >= 0.6 is 0 Å². The molecule has 0 aliphatic heterocycles. The second kappa shape index (κ2) is 7.81. The minimum atomic E-state index is -0.571. The normalized spacial score (nSPS) is 11.1. The zero-order valence-corrected chi connectivity index (χ0v) is 11.3. The van der Waals surface area contributed by atoms with Crippen LogP contribution in [0.5, 0.6) is 0 Å². The van der Waals surface area contributed by atoms with Crippen LogP contribution < -0.4 is 0 Å². The van der Waals surface area contributed by atoms with E-state index in [9.17, 15) is 10.1 Å². The van der Waals surface area contributed by atoms with Gasteiger partial charge in [-0.25, -0.2) is 0 Å². The molecule has 0 radical (unpaired) electrons. The van der Waals surface area contributed by atoms with Crippen molar-refractivity contribution in [1.82, 2.24) is 0 Å². The Bertz CT molecular complexity index is 596. The molecule has 0 aliphatic carbocycles.